The first-order valence-electron chi connectivity index (χ1n) is 7.08. The Kier molecular flexibility index (Phi) is 4.11. The van der Waals surface area contributed by atoms with E-state index in [0.29, 0.717) is 23.6 Å². The van der Waals surface area contributed by atoms with Gasteiger partial charge in [0.25, 0.3) is 0 Å². The highest BCUT2D eigenvalue weighted by Gasteiger charge is 2.35. The Bertz CT molecular complexity index is 255. The minimum absolute atomic E-state index is 0.387. The van der Waals surface area contributed by atoms with Gasteiger partial charge in [0.15, 0.2) is 0 Å². The van der Waals surface area contributed by atoms with Crippen LogP contribution < -0.4 is 5.32 Å². The highest BCUT2D eigenvalue weighted by molar-refractivity contribution is 4.92. The lowest BCUT2D eigenvalue weighted by Crippen LogP contribution is -2.57. The van der Waals surface area contributed by atoms with Crippen LogP contribution in [-0.4, -0.2) is 49.3 Å². The SMILES string of the molecule is CC1CN(CC2NCCCC2(C)C)C(C)CO1. The van der Waals surface area contributed by atoms with Gasteiger partial charge in [-0.3, -0.25) is 4.90 Å². The van der Waals surface area contributed by atoms with Gasteiger partial charge in [0.05, 0.1) is 12.7 Å². The van der Waals surface area contributed by atoms with Crippen molar-refractivity contribution in [1.82, 2.24) is 10.2 Å². The van der Waals surface area contributed by atoms with Gasteiger partial charge in [-0.2, -0.15) is 0 Å². The number of nitrogens with zero attached hydrogens (tertiary/aromatic N) is 1. The molecule has 1 N–H and O–H groups in total. The molecule has 0 aromatic rings. The van der Waals surface area contributed by atoms with E-state index in [-0.39, 0.29) is 0 Å². The Hall–Kier alpha value is -0.120. The van der Waals surface area contributed by atoms with Crippen molar-refractivity contribution in [2.45, 2.75) is 58.7 Å². The van der Waals surface area contributed by atoms with E-state index >= 15 is 0 Å². The maximum atomic E-state index is 5.70. The molecule has 2 aliphatic heterocycles. The van der Waals surface area contributed by atoms with Crippen LogP contribution in [0.25, 0.3) is 0 Å². The topological polar surface area (TPSA) is 24.5 Å². The lowest BCUT2D eigenvalue weighted by Gasteiger charge is -2.45. The van der Waals surface area contributed by atoms with Gasteiger partial charge in [0.1, 0.15) is 0 Å². The molecule has 100 valence electrons. The summed E-state index contributed by atoms with van der Waals surface area (Å²) in [5.41, 5.74) is 0.430. The summed E-state index contributed by atoms with van der Waals surface area (Å²) in [6, 6.07) is 1.19. The first kappa shape index (κ1) is 13.3. The Balaban J connectivity index is 1.94. The minimum Gasteiger partial charge on any atom is -0.376 e. The van der Waals surface area contributed by atoms with Gasteiger partial charge in [-0.15, -0.1) is 0 Å². The molecule has 3 atom stereocenters. The molecule has 2 aliphatic rings. The summed E-state index contributed by atoms with van der Waals surface area (Å²) in [4.78, 5) is 2.60. The van der Waals surface area contributed by atoms with Crippen molar-refractivity contribution in [1.29, 1.82) is 0 Å². The van der Waals surface area contributed by atoms with Crippen molar-refractivity contribution in [3.05, 3.63) is 0 Å². The summed E-state index contributed by atoms with van der Waals surface area (Å²) in [5, 5.41) is 3.71. The summed E-state index contributed by atoms with van der Waals surface area (Å²) in [6.07, 6.45) is 3.05. The first-order valence-corrected chi connectivity index (χ1v) is 7.08. The van der Waals surface area contributed by atoms with E-state index in [1.165, 1.54) is 25.9 Å². The average Bonchev–Trinajstić information content (AvgIpc) is 2.26. The van der Waals surface area contributed by atoms with E-state index in [0.717, 1.165) is 13.2 Å². The smallest absolute Gasteiger partial charge is 0.0674 e. The fraction of sp³-hybridized carbons (Fsp3) is 1.00. The summed E-state index contributed by atoms with van der Waals surface area (Å²) in [5.74, 6) is 0. The maximum absolute atomic E-state index is 5.70. The number of hydrogen-bond donors (Lipinski definition) is 1. The molecule has 0 saturated carbocycles. The van der Waals surface area contributed by atoms with E-state index in [2.05, 4.69) is 37.9 Å². The number of nitrogens with one attached hydrogen (secondary N) is 1. The summed E-state index contributed by atoms with van der Waals surface area (Å²) in [7, 11) is 0. The molecule has 17 heavy (non-hydrogen) atoms. The highest BCUT2D eigenvalue weighted by atomic mass is 16.5. The molecule has 2 rings (SSSR count). The van der Waals surface area contributed by atoms with Crippen molar-refractivity contribution in [2.24, 2.45) is 5.41 Å². The second kappa shape index (κ2) is 5.25. The van der Waals surface area contributed by atoms with Crippen LogP contribution in [0.3, 0.4) is 0 Å². The van der Waals surface area contributed by atoms with E-state index in [1.807, 2.05) is 0 Å². The van der Waals surface area contributed by atoms with Crippen LogP contribution in [0.4, 0.5) is 0 Å². The number of morpholine rings is 1. The second-order valence-corrected chi connectivity index (χ2v) is 6.55. The van der Waals surface area contributed by atoms with Crippen LogP contribution in [0.1, 0.15) is 40.5 Å². The predicted molar refractivity (Wildman–Crippen MR) is 71.3 cm³/mol. The van der Waals surface area contributed by atoms with Gasteiger partial charge >= 0.3 is 0 Å². The summed E-state index contributed by atoms with van der Waals surface area (Å²) >= 11 is 0. The highest BCUT2D eigenvalue weighted by Crippen LogP contribution is 2.31. The molecule has 2 saturated heterocycles. The third kappa shape index (κ3) is 3.21. The monoisotopic (exact) mass is 240 g/mol. The zero-order valence-corrected chi connectivity index (χ0v) is 11.8. The molecule has 0 bridgehead atoms. The van der Waals surface area contributed by atoms with Crippen LogP contribution in [0.15, 0.2) is 0 Å². The maximum Gasteiger partial charge on any atom is 0.0674 e. The van der Waals surface area contributed by atoms with Gasteiger partial charge in [-0.25, -0.2) is 0 Å². The van der Waals surface area contributed by atoms with Gasteiger partial charge in [0.2, 0.25) is 0 Å². The fourth-order valence-corrected chi connectivity index (χ4v) is 3.04. The molecule has 0 aromatic carbocycles. The van der Waals surface area contributed by atoms with E-state index < -0.39 is 0 Å². The van der Waals surface area contributed by atoms with Crippen LogP contribution in [0.5, 0.6) is 0 Å². The third-order valence-corrected chi connectivity index (χ3v) is 4.49. The normalized spacial score (nSPS) is 39.2. The minimum atomic E-state index is 0.387. The number of hydrogen-bond acceptors (Lipinski definition) is 3. The molecule has 3 nitrogen and oxygen atoms in total. The molecule has 0 aliphatic carbocycles. The largest absolute Gasteiger partial charge is 0.376 e. The summed E-state index contributed by atoms with van der Waals surface area (Å²) in [6.45, 7) is 13.6. The Morgan fingerprint density at radius 3 is 2.82 bits per heavy atom. The molecule has 3 unspecified atom stereocenters. The molecule has 0 spiro atoms. The van der Waals surface area contributed by atoms with Crippen molar-refractivity contribution in [3.8, 4) is 0 Å². The van der Waals surface area contributed by atoms with Gasteiger partial charge in [0, 0.05) is 25.2 Å². The standard InChI is InChI=1S/C14H28N2O/c1-11-10-17-12(2)8-16(11)9-13-14(3,4)6-5-7-15-13/h11-13,15H,5-10H2,1-4H3. The molecule has 0 aromatic heterocycles. The Morgan fingerprint density at radius 1 is 1.35 bits per heavy atom. The number of piperidine rings is 1. The molecule has 2 fully saturated rings. The lowest BCUT2D eigenvalue weighted by molar-refractivity contribution is -0.0580. The predicted octanol–water partition coefficient (Wildman–Crippen LogP) is 1.87. The van der Waals surface area contributed by atoms with Crippen molar-refractivity contribution in [2.75, 3.05) is 26.2 Å². The zero-order chi connectivity index (χ0) is 12.5. The second-order valence-electron chi connectivity index (χ2n) is 6.55. The molecule has 3 heteroatoms. The molecule has 2 heterocycles. The average molecular weight is 240 g/mol. The fourth-order valence-electron chi connectivity index (χ4n) is 3.04. The van der Waals surface area contributed by atoms with Crippen molar-refractivity contribution < 1.29 is 4.74 Å². The Morgan fingerprint density at radius 2 is 2.12 bits per heavy atom. The quantitative estimate of drug-likeness (QED) is 0.797. The molecule has 0 amide bonds. The van der Waals surface area contributed by atoms with Crippen LogP contribution in [0.2, 0.25) is 0 Å². The number of rotatable bonds is 2. The Labute approximate surface area is 106 Å². The zero-order valence-electron chi connectivity index (χ0n) is 11.8. The number of ether oxygens (including phenoxy) is 1. The van der Waals surface area contributed by atoms with Crippen molar-refractivity contribution >= 4 is 0 Å². The van der Waals surface area contributed by atoms with Crippen molar-refractivity contribution in [3.63, 3.8) is 0 Å². The molecular formula is C14H28N2O. The van der Waals surface area contributed by atoms with Crippen LogP contribution in [-0.2, 0) is 4.74 Å². The third-order valence-electron chi connectivity index (χ3n) is 4.49. The lowest BCUT2D eigenvalue weighted by atomic mass is 9.77. The van der Waals surface area contributed by atoms with E-state index in [1.54, 1.807) is 0 Å². The van der Waals surface area contributed by atoms with Crippen LogP contribution in [0, 0.1) is 5.41 Å². The van der Waals surface area contributed by atoms with E-state index in [9.17, 15) is 0 Å². The summed E-state index contributed by atoms with van der Waals surface area (Å²) < 4.78 is 5.70. The molecule has 0 radical (unpaired) electrons. The van der Waals surface area contributed by atoms with Gasteiger partial charge in [-0.05, 0) is 38.6 Å². The van der Waals surface area contributed by atoms with Crippen LogP contribution >= 0.6 is 0 Å². The first-order chi connectivity index (χ1) is 7.99. The molecular weight excluding hydrogens is 212 g/mol. The van der Waals surface area contributed by atoms with E-state index in [4.69, 9.17) is 4.74 Å². The van der Waals surface area contributed by atoms with Gasteiger partial charge in [-0.1, -0.05) is 13.8 Å². The van der Waals surface area contributed by atoms with Gasteiger partial charge < -0.3 is 10.1 Å².